The van der Waals surface area contributed by atoms with E-state index in [1.807, 2.05) is 72.5 Å². The Morgan fingerprint density at radius 1 is 0.950 bits per heavy atom. The number of hydrogen-bond donors (Lipinski definition) is 0. The largest absolute Gasteiger partial charge is 0.497 e. The van der Waals surface area contributed by atoms with E-state index in [-0.39, 0.29) is 30.3 Å². The van der Waals surface area contributed by atoms with E-state index in [0.717, 1.165) is 42.8 Å². The van der Waals surface area contributed by atoms with Crippen molar-refractivity contribution in [2.75, 3.05) is 51.8 Å². The quantitative estimate of drug-likeness (QED) is 0.400. The summed E-state index contributed by atoms with van der Waals surface area (Å²) in [7, 11) is 3.24. The predicted molar refractivity (Wildman–Crippen MR) is 153 cm³/mol. The van der Waals surface area contributed by atoms with Gasteiger partial charge in [-0.05, 0) is 56.0 Å². The highest BCUT2D eigenvalue weighted by atomic mass is 16.5. The zero-order chi connectivity index (χ0) is 28.1. The molecule has 0 N–H and O–H groups in total. The molecule has 2 amide bonds. The number of anilines is 1. The number of nitrogens with zero attached hydrogens (tertiary/aromatic N) is 5. The topological polar surface area (TPSA) is 88.1 Å². The summed E-state index contributed by atoms with van der Waals surface area (Å²) in [5.41, 5.74) is 2.59. The third kappa shape index (κ3) is 6.19. The Hall–Kier alpha value is -4.14. The number of methoxy groups -OCH3 is 2. The zero-order valence-corrected chi connectivity index (χ0v) is 23.5. The van der Waals surface area contributed by atoms with E-state index < -0.39 is 0 Å². The van der Waals surface area contributed by atoms with Gasteiger partial charge in [0.1, 0.15) is 18.0 Å². The normalized spacial score (nSPS) is 16.2. The molecule has 2 aromatic carbocycles. The third-order valence-electron chi connectivity index (χ3n) is 7.77. The molecule has 3 aromatic rings. The van der Waals surface area contributed by atoms with Gasteiger partial charge in [-0.1, -0.05) is 30.3 Å². The Balaban J connectivity index is 1.23. The van der Waals surface area contributed by atoms with Crippen LogP contribution in [0.4, 0.5) is 5.82 Å². The number of aromatic nitrogens is 2. The minimum absolute atomic E-state index is 0.00772. The Labute approximate surface area is 235 Å². The standard InChI is InChI=1S/C31H37N5O4/c1-22(23-8-5-4-6-9-23)36(31(38)24-10-11-24)21-30(37)35-17-7-16-34(18-19-35)29-15-14-27(32-33-29)26-13-12-25(39-2)20-28(26)40-3/h4-6,8-9,12-15,20,22,24H,7,10-11,16-19,21H2,1-3H3/t22-/m1/s1. The third-order valence-corrected chi connectivity index (χ3v) is 7.77. The number of rotatable bonds is 9. The number of benzene rings is 2. The molecule has 5 rings (SSSR count). The van der Waals surface area contributed by atoms with E-state index in [9.17, 15) is 9.59 Å². The lowest BCUT2D eigenvalue weighted by atomic mass is 10.1. The fraction of sp³-hybridized carbons (Fsp3) is 0.419. The van der Waals surface area contributed by atoms with Crippen molar-refractivity contribution in [1.82, 2.24) is 20.0 Å². The molecule has 2 aliphatic rings. The molecule has 1 saturated heterocycles. The van der Waals surface area contributed by atoms with Crippen molar-refractivity contribution >= 4 is 17.6 Å². The number of carbonyl (C=O) groups is 2. The Morgan fingerprint density at radius 2 is 1.75 bits per heavy atom. The van der Waals surface area contributed by atoms with Crippen LogP contribution >= 0.6 is 0 Å². The summed E-state index contributed by atoms with van der Waals surface area (Å²) in [6, 6.07) is 19.3. The SMILES string of the molecule is COc1ccc(-c2ccc(N3CCCN(C(=O)CN(C(=O)C4CC4)[C@H](C)c4ccccc4)CC3)nn2)c(OC)c1. The van der Waals surface area contributed by atoms with E-state index in [1.54, 1.807) is 19.1 Å². The summed E-state index contributed by atoms with van der Waals surface area (Å²) < 4.78 is 10.8. The van der Waals surface area contributed by atoms with Gasteiger partial charge in [0.25, 0.3) is 0 Å². The first-order chi connectivity index (χ1) is 19.5. The molecule has 1 aliphatic carbocycles. The molecule has 0 spiro atoms. The zero-order valence-electron chi connectivity index (χ0n) is 23.5. The van der Waals surface area contributed by atoms with E-state index >= 15 is 0 Å². The maximum absolute atomic E-state index is 13.5. The molecule has 210 valence electrons. The Morgan fingerprint density at radius 3 is 2.42 bits per heavy atom. The van der Waals surface area contributed by atoms with Gasteiger partial charge in [0.15, 0.2) is 5.82 Å². The van der Waals surface area contributed by atoms with Crippen LogP contribution in [0.1, 0.15) is 37.8 Å². The first-order valence-electron chi connectivity index (χ1n) is 13.9. The first kappa shape index (κ1) is 27.4. The van der Waals surface area contributed by atoms with Gasteiger partial charge in [-0.2, -0.15) is 0 Å². The summed E-state index contributed by atoms with van der Waals surface area (Å²) in [6.07, 6.45) is 2.63. The van der Waals surface area contributed by atoms with Crippen molar-refractivity contribution in [1.29, 1.82) is 0 Å². The number of carbonyl (C=O) groups excluding carboxylic acids is 2. The highest BCUT2D eigenvalue weighted by molar-refractivity contribution is 5.87. The average molecular weight is 544 g/mol. The highest BCUT2D eigenvalue weighted by Gasteiger charge is 2.37. The van der Waals surface area contributed by atoms with Crippen LogP contribution in [0.15, 0.2) is 60.7 Å². The number of amides is 2. The minimum atomic E-state index is -0.153. The molecule has 0 bridgehead atoms. The van der Waals surface area contributed by atoms with Gasteiger partial charge >= 0.3 is 0 Å². The van der Waals surface area contributed by atoms with Crippen molar-refractivity contribution < 1.29 is 19.1 Å². The van der Waals surface area contributed by atoms with E-state index in [0.29, 0.717) is 36.8 Å². The molecule has 0 unspecified atom stereocenters. The number of hydrogen-bond acceptors (Lipinski definition) is 7. The maximum atomic E-state index is 13.5. The fourth-order valence-electron chi connectivity index (χ4n) is 5.17. The summed E-state index contributed by atoms with van der Waals surface area (Å²) in [6.45, 7) is 4.75. The molecule has 2 heterocycles. The molecule has 0 radical (unpaired) electrons. The lowest BCUT2D eigenvalue weighted by Gasteiger charge is -2.32. The number of ether oxygens (including phenoxy) is 2. The van der Waals surface area contributed by atoms with Gasteiger partial charge in [0.05, 0.1) is 26.0 Å². The van der Waals surface area contributed by atoms with Crippen LogP contribution < -0.4 is 14.4 Å². The maximum Gasteiger partial charge on any atom is 0.242 e. The van der Waals surface area contributed by atoms with Gasteiger partial charge in [-0.25, -0.2) is 0 Å². The van der Waals surface area contributed by atoms with Crippen LogP contribution in [0, 0.1) is 5.92 Å². The van der Waals surface area contributed by atoms with Gasteiger partial charge in [-0.15, -0.1) is 10.2 Å². The van der Waals surface area contributed by atoms with Gasteiger partial charge in [0, 0.05) is 43.7 Å². The second-order valence-corrected chi connectivity index (χ2v) is 10.4. The molecular formula is C31H37N5O4. The van der Waals surface area contributed by atoms with Crippen molar-refractivity contribution in [3.63, 3.8) is 0 Å². The molecule has 1 saturated carbocycles. The van der Waals surface area contributed by atoms with Crippen molar-refractivity contribution in [3.05, 3.63) is 66.2 Å². The molecule has 9 nitrogen and oxygen atoms in total. The average Bonchev–Trinajstić information content (AvgIpc) is 3.87. The van der Waals surface area contributed by atoms with Gasteiger partial charge < -0.3 is 24.2 Å². The highest BCUT2D eigenvalue weighted by Crippen LogP contribution is 2.34. The summed E-state index contributed by atoms with van der Waals surface area (Å²) >= 11 is 0. The lowest BCUT2D eigenvalue weighted by Crippen LogP contribution is -2.45. The lowest BCUT2D eigenvalue weighted by molar-refractivity contribution is -0.143. The van der Waals surface area contributed by atoms with Crippen LogP contribution in [0.3, 0.4) is 0 Å². The molecule has 1 atom stereocenters. The van der Waals surface area contributed by atoms with Crippen molar-refractivity contribution in [2.24, 2.45) is 5.92 Å². The van der Waals surface area contributed by atoms with Crippen LogP contribution in [-0.4, -0.2) is 78.8 Å². The van der Waals surface area contributed by atoms with Gasteiger partial charge in [0.2, 0.25) is 11.8 Å². The van der Waals surface area contributed by atoms with Crippen LogP contribution in [-0.2, 0) is 9.59 Å². The summed E-state index contributed by atoms with van der Waals surface area (Å²) in [5, 5.41) is 8.96. The predicted octanol–water partition coefficient (Wildman–Crippen LogP) is 4.20. The molecule has 1 aromatic heterocycles. The van der Waals surface area contributed by atoms with Crippen LogP contribution in [0.2, 0.25) is 0 Å². The monoisotopic (exact) mass is 543 g/mol. The summed E-state index contributed by atoms with van der Waals surface area (Å²) in [4.78, 5) is 32.4. The van der Waals surface area contributed by atoms with Crippen molar-refractivity contribution in [3.8, 4) is 22.8 Å². The molecular weight excluding hydrogens is 506 g/mol. The van der Waals surface area contributed by atoms with Crippen LogP contribution in [0.5, 0.6) is 11.5 Å². The van der Waals surface area contributed by atoms with E-state index in [4.69, 9.17) is 9.47 Å². The Bertz CT molecular complexity index is 1310. The minimum Gasteiger partial charge on any atom is -0.497 e. The molecule has 40 heavy (non-hydrogen) atoms. The van der Waals surface area contributed by atoms with Crippen molar-refractivity contribution in [2.45, 2.75) is 32.2 Å². The summed E-state index contributed by atoms with van der Waals surface area (Å²) in [5.74, 6) is 2.29. The smallest absolute Gasteiger partial charge is 0.242 e. The second kappa shape index (κ2) is 12.4. The van der Waals surface area contributed by atoms with E-state index in [1.165, 1.54) is 0 Å². The molecule has 2 fully saturated rings. The van der Waals surface area contributed by atoms with E-state index in [2.05, 4.69) is 15.1 Å². The Kier molecular flexibility index (Phi) is 8.48. The van der Waals surface area contributed by atoms with Crippen LogP contribution in [0.25, 0.3) is 11.3 Å². The fourth-order valence-corrected chi connectivity index (χ4v) is 5.17. The first-order valence-corrected chi connectivity index (χ1v) is 13.9. The molecule has 9 heteroatoms. The second-order valence-electron chi connectivity index (χ2n) is 10.4. The molecule has 1 aliphatic heterocycles. The van der Waals surface area contributed by atoms with Gasteiger partial charge in [-0.3, -0.25) is 9.59 Å².